The molecule has 9 heteroatoms. The van der Waals surface area contributed by atoms with E-state index in [0.717, 1.165) is 6.20 Å². The lowest BCUT2D eigenvalue weighted by Gasteiger charge is -2.08. The fraction of sp³-hybridized carbons (Fsp3) is 0.0909. The zero-order chi connectivity index (χ0) is 14.9. The van der Waals surface area contributed by atoms with Crippen molar-refractivity contribution in [2.75, 3.05) is 7.11 Å². The van der Waals surface area contributed by atoms with Gasteiger partial charge in [0.1, 0.15) is 4.90 Å². The molecule has 2 heterocycles. The van der Waals surface area contributed by atoms with E-state index in [9.17, 15) is 13.2 Å². The van der Waals surface area contributed by atoms with Crippen LogP contribution in [0.4, 0.5) is 0 Å². The molecule has 0 saturated heterocycles. The molecule has 0 bridgehead atoms. The minimum absolute atomic E-state index is 0.0881. The largest absolute Gasteiger partial charge is 0.481 e. The second-order valence-corrected chi connectivity index (χ2v) is 5.83. The van der Waals surface area contributed by atoms with Gasteiger partial charge in [0.25, 0.3) is 5.56 Å². The Morgan fingerprint density at radius 3 is 2.65 bits per heavy atom. The first-order valence-electron chi connectivity index (χ1n) is 5.28. The maximum Gasteiger partial charge on any atom is 0.256 e. The van der Waals surface area contributed by atoms with Gasteiger partial charge in [-0.1, -0.05) is 11.6 Å². The molecular formula is C11H10ClN3O4S. The molecule has 0 fully saturated rings. The Kier molecular flexibility index (Phi) is 3.80. The van der Waals surface area contributed by atoms with Crippen molar-refractivity contribution in [3.8, 4) is 17.0 Å². The summed E-state index contributed by atoms with van der Waals surface area (Å²) in [5, 5.41) is 5.32. The van der Waals surface area contributed by atoms with E-state index >= 15 is 0 Å². The third kappa shape index (κ3) is 2.82. The number of rotatable bonds is 3. The van der Waals surface area contributed by atoms with Crippen molar-refractivity contribution >= 4 is 21.6 Å². The van der Waals surface area contributed by atoms with Gasteiger partial charge in [-0.3, -0.25) is 4.79 Å². The highest BCUT2D eigenvalue weighted by atomic mass is 35.5. The molecule has 7 nitrogen and oxygen atoms in total. The summed E-state index contributed by atoms with van der Waals surface area (Å²) in [6.45, 7) is 0. The highest BCUT2D eigenvalue weighted by Crippen LogP contribution is 2.28. The number of H-pyrrole nitrogens is 1. The molecule has 0 radical (unpaired) electrons. The van der Waals surface area contributed by atoms with Gasteiger partial charge in [-0.15, -0.1) is 0 Å². The number of nitrogens with one attached hydrogen (secondary N) is 1. The number of methoxy groups -OCH3 is 1. The van der Waals surface area contributed by atoms with Crippen LogP contribution >= 0.6 is 11.6 Å². The van der Waals surface area contributed by atoms with Crippen LogP contribution in [0.2, 0.25) is 5.02 Å². The van der Waals surface area contributed by atoms with Crippen molar-refractivity contribution in [1.29, 1.82) is 0 Å². The van der Waals surface area contributed by atoms with Crippen LogP contribution in [0.3, 0.4) is 0 Å². The zero-order valence-corrected chi connectivity index (χ0v) is 11.8. The Hall–Kier alpha value is -1.90. The number of ether oxygens (including phenoxy) is 1. The first-order valence-corrected chi connectivity index (χ1v) is 7.21. The molecule has 0 unspecified atom stereocenters. The van der Waals surface area contributed by atoms with Crippen molar-refractivity contribution in [1.82, 2.24) is 9.97 Å². The van der Waals surface area contributed by atoms with Crippen molar-refractivity contribution in [3.05, 3.63) is 39.9 Å². The predicted octanol–water partition coefficient (Wildman–Crippen LogP) is 0.746. The summed E-state index contributed by atoms with van der Waals surface area (Å²) in [7, 11) is -2.60. The van der Waals surface area contributed by atoms with Gasteiger partial charge < -0.3 is 9.72 Å². The minimum atomic E-state index is -3.94. The molecule has 3 N–H and O–H groups in total. The zero-order valence-electron chi connectivity index (χ0n) is 10.3. The number of hydrogen-bond donors (Lipinski definition) is 2. The molecule has 0 spiro atoms. The number of primary sulfonamides is 1. The van der Waals surface area contributed by atoms with Gasteiger partial charge in [-0.2, -0.15) is 0 Å². The van der Waals surface area contributed by atoms with Gasteiger partial charge in [0.05, 0.1) is 29.5 Å². The lowest BCUT2D eigenvalue weighted by atomic mass is 10.1. The van der Waals surface area contributed by atoms with Gasteiger partial charge in [-0.25, -0.2) is 18.5 Å². The summed E-state index contributed by atoms with van der Waals surface area (Å²) in [6, 6.07) is 2.59. The van der Waals surface area contributed by atoms with Crippen molar-refractivity contribution in [3.63, 3.8) is 0 Å². The van der Waals surface area contributed by atoms with Crippen LogP contribution in [0.15, 0.2) is 34.2 Å². The second-order valence-electron chi connectivity index (χ2n) is 3.83. The first kappa shape index (κ1) is 14.5. The van der Waals surface area contributed by atoms with Crippen LogP contribution < -0.4 is 15.4 Å². The van der Waals surface area contributed by atoms with Crippen molar-refractivity contribution in [2.24, 2.45) is 5.14 Å². The molecule has 2 aromatic rings. The summed E-state index contributed by atoms with van der Waals surface area (Å²) >= 11 is 5.82. The van der Waals surface area contributed by atoms with E-state index in [0.29, 0.717) is 0 Å². The lowest BCUT2D eigenvalue weighted by molar-refractivity contribution is 0.399. The summed E-state index contributed by atoms with van der Waals surface area (Å²) in [5.74, 6) is 0.0881. The Bertz CT molecular complexity index is 817. The van der Waals surface area contributed by atoms with Gasteiger partial charge in [0, 0.05) is 6.20 Å². The molecule has 0 atom stereocenters. The highest BCUT2D eigenvalue weighted by molar-refractivity contribution is 7.89. The number of halogens is 1. The van der Waals surface area contributed by atoms with E-state index in [2.05, 4.69) is 9.97 Å². The standard InChI is InChI=1S/C11H10ClN3O4S/c1-19-11-9(3-7(5-15-11)20(13,17)18)8-2-6(12)4-14-10(8)16/h2-5H,1H3,(H,14,16)(H2,13,17,18). The molecule has 2 rings (SSSR count). The van der Waals surface area contributed by atoms with E-state index in [1.165, 1.54) is 25.4 Å². The summed E-state index contributed by atoms with van der Waals surface area (Å²) in [4.78, 5) is 17.9. The summed E-state index contributed by atoms with van der Waals surface area (Å²) in [5.41, 5.74) is -0.142. The molecule has 106 valence electrons. The van der Waals surface area contributed by atoms with Crippen molar-refractivity contribution in [2.45, 2.75) is 4.90 Å². The molecule has 0 amide bonds. The topological polar surface area (TPSA) is 115 Å². The lowest BCUT2D eigenvalue weighted by Crippen LogP contribution is -2.14. The molecule has 2 aromatic heterocycles. The number of pyridine rings is 2. The number of nitrogens with two attached hydrogens (primary N) is 1. The van der Waals surface area contributed by atoms with E-state index in [-0.39, 0.29) is 26.9 Å². The van der Waals surface area contributed by atoms with Gasteiger partial charge in [0.15, 0.2) is 0 Å². The second kappa shape index (κ2) is 5.23. The monoisotopic (exact) mass is 315 g/mol. The van der Waals surface area contributed by atoms with E-state index in [1.807, 2.05) is 0 Å². The number of sulfonamides is 1. The predicted molar refractivity (Wildman–Crippen MR) is 73.2 cm³/mol. The highest BCUT2D eigenvalue weighted by Gasteiger charge is 2.17. The Labute approximate surface area is 119 Å². The smallest absolute Gasteiger partial charge is 0.256 e. The van der Waals surface area contributed by atoms with Crippen LogP contribution in [0.25, 0.3) is 11.1 Å². The number of nitrogens with zero attached hydrogens (tertiary/aromatic N) is 1. The molecule has 0 aromatic carbocycles. The van der Waals surface area contributed by atoms with Crippen LogP contribution in [-0.4, -0.2) is 25.5 Å². The molecule has 0 aliphatic rings. The fourth-order valence-electron chi connectivity index (χ4n) is 1.60. The average Bonchev–Trinajstić information content (AvgIpc) is 2.40. The summed E-state index contributed by atoms with van der Waals surface area (Å²) in [6.07, 6.45) is 2.37. The normalized spacial score (nSPS) is 11.3. The van der Waals surface area contributed by atoms with Gasteiger partial charge in [-0.05, 0) is 12.1 Å². The number of hydrogen-bond acceptors (Lipinski definition) is 5. The number of aromatic nitrogens is 2. The SMILES string of the molecule is COc1ncc(S(N)(=O)=O)cc1-c1cc(Cl)c[nH]c1=O. The van der Waals surface area contributed by atoms with Crippen LogP contribution in [0, 0.1) is 0 Å². The Balaban J connectivity index is 2.77. The Morgan fingerprint density at radius 1 is 1.35 bits per heavy atom. The van der Waals surface area contributed by atoms with E-state index < -0.39 is 15.6 Å². The minimum Gasteiger partial charge on any atom is -0.481 e. The first-order chi connectivity index (χ1) is 9.32. The van der Waals surface area contributed by atoms with Gasteiger partial charge >= 0.3 is 0 Å². The van der Waals surface area contributed by atoms with Crippen molar-refractivity contribution < 1.29 is 13.2 Å². The maximum atomic E-state index is 11.8. The quantitative estimate of drug-likeness (QED) is 0.867. The summed E-state index contributed by atoms with van der Waals surface area (Å²) < 4.78 is 27.7. The average molecular weight is 316 g/mol. The van der Waals surface area contributed by atoms with E-state index in [4.69, 9.17) is 21.5 Å². The van der Waals surface area contributed by atoms with Crippen LogP contribution in [-0.2, 0) is 10.0 Å². The third-order valence-electron chi connectivity index (χ3n) is 2.51. The van der Waals surface area contributed by atoms with Crippen LogP contribution in [0.5, 0.6) is 5.88 Å². The molecule has 0 aliphatic carbocycles. The van der Waals surface area contributed by atoms with Gasteiger partial charge in [0.2, 0.25) is 15.9 Å². The third-order valence-corrected chi connectivity index (χ3v) is 3.60. The van der Waals surface area contributed by atoms with Crippen LogP contribution in [0.1, 0.15) is 0 Å². The molecular weight excluding hydrogens is 306 g/mol. The van der Waals surface area contributed by atoms with E-state index in [1.54, 1.807) is 0 Å². The fourth-order valence-corrected chi connectivity index (χ4v) is 2.25. The molecule has 0 saturated carbocycles. The Morgan fingerprint density at radius 2 is 2.05 bits per heavy atom. The molecule has 0 aliphatic heterocycles. The molecule has 20 heavy (non-hydrogen) atoms. The maximum absolute atomic E-state index is 11.8. The number of aromatic amines is 1.